The molecule has 2 aromatic rings. The molecular formula is C13H13N3O3. The molecular weight excluding hydrogens is 246 g/mol. The molecule has 0 aliphatic carbocycles. The fourth-order valence-electron chi connectivity index (χ4n) is 2.24. The van der Waals surface area contributed by atoms with Crippen molar-refractivity contribution in [2.24, 2.45) is 0 Å². The van der Waals surface area contributed by atoms with Crippen molar-refractivity contribution < 1.29 is 14.3 Å². The highest BCUT2D eigenvalue weighted by atomic mass is 16.4. The van der Waals surface area contributed by atoms with Crippen LogP contribution in [0.3, 0.4) is 0 Å². The Morgan fingerprint density at radius 1 is 1.47 bits per heavy atom. The van der Waals surface area contributed by atoms with Crippen LogP contribution in [-0.2, 0) is 13.0 Å². The van der Waals surface area contributed by atoms with Crippen LogP contribution in [0.25, 0.3) is 11.6 Å². The summed E-state index contributed by atoms with van der Waals surface area (Å²) in [5.74, 6) is -0.163. The van der Waals surface area contributed by atoms with E-state index in [1.165, 1.54) is 0 Å². The van der Waals surface area contributed by atoms with Gasteiger partial charge in [-0.2, -0.15) is 0 Å². The van der Waals surface area contributed by atoms with Crippen molar-refractivity contribution in [3.05, 3.63) is 34.8 Å². The van der Waals surface area contributed by atoms with E-state index in [0.717, 1.165) is 23.4 Å². The molecule has 0 unspecified atom stereocenters. The molecule has 0 radical (unpaired) electrons. The Balaban J connectivity index is 2.20. The van der Waals surface area contributed by atoms with Gasteiger partial charge < -0.3 is 14.8 Å². The van der Waals surface area contributed by atoms with Gasteiger partial charge in [-0.1, -0.05) is 0 Å². The van der Waals surface area contributed by atoms with Gasteiger partial charge in [-0.25, -0.2) is 14.8 Å². The van der Waals surface area contributed by atoms with Crippen LogP contribution in [0.5, 0.6) is 0 Å². The van der Waals surface area contributed by atoms with Crippen molar-refractivity contribution in [3.8, 4) is 11.6 Å². The third-order valence-electron chi connectivity index (χ3n) is 3.20. The lowest BCUT2D eigenvalue weighted by Crippen LogP contribution is -2.27. The molecule has 0 aromatic carbocycles. The topological polar surface area (TPSA) is 88.2 Å². The Morgan fingerprint density at radius 2 is 2.32 bits per heavy atom. The quantitative estimate of drug-likeness (QED) is 0.847. The maximum Gasteiger partial charge on any atom is 0.354 e. The SMILES string of the molecule is Cc1ccoc1-c1nc2c(c(C(=O)O)n1)CCNC2. The predicted molar refractivity (Wildman–Crippen MR) is 66.8 cm³/mol. The maximum atomic E-state index is 11.3. The van der Waals surface area contributed by atoms with Crippen LogP contribution in [0.1, 0.15) is 27.3 Å². The van der Waals surface area contributed by atoms with Crippen molar-refractivity contribution in [1.29, 1.82) is 0 Å². The highest BCUT2D eigenvalue weighted by molar-refractivity contribution is 5.88. The fourth-order valence-corrected chi connectivity index (χ4v) is 2.24. The zero-order valence-corrected chi connectivity index (χ0v) is 10.4. The van der Waals surface area contributed by atoms with E-state index in [2.05, 4.69) is 15.3 Å². The van der Waals surface area contributed by atoms with E-state index in [0.29, 0.717) is 24.6 Å². The summed E-state index contributed by atoms with van der Waals surface area (Å²) < 4.78 is 5.34. The van der Waals surface area contributed by atoms with Crippen molar-refractivity contribution in [3.63, 3.8) is 0 Å². The normalized spacial score (nSPS) is 14.2. The molecule has 0 spiro atoms. The van der Waals surface area contributed by atoms with Gasteiger partial charge in [-0.3, -0.25) is 0 Å². The van der Waals surface area contributed by atoms with Crippen LogP contribution in [0.4, 0.5) is 0 Å². The van der Waals surface area contributed by atoms with Crippen molar-refractivity contribution in [2.45, 2.75) is 19.9 Å². The zero-order chi connectivity index (χ0) is 13.4. The van der Waals surface area contributed by atoms with E-state index in [4.69, 9.17) is 4.42 Å². The molecule has 0 fully saturated rings. The molecule has 2 N–H and O–H groups in total. The number of fused-ring (bicyclic) bond motifs is 1. The van der Waals surface area contributed by atoms with Gasteiger partial charge in [-0.15, -0.1) is 0 Å². The number of carbonyl (C=O) groups is 1. The Bertz CT molecular complexity index is 649. The minimum absolute atomic E-state index is 0.0808. The maximum absolute atomic E-state index is 11.3. The lowest BCUT2D eigenvalue weighted by molar-refractivity contribution is 0.0688. The number of furan rings is 1. The van der Waals surface area contributed by atoms with Gasteiger partial charge in [0, 0.05) is 12.1 Å². The second kappa shape index (κ2) is 4.47. The highest BCUT2D eigenvalue weighted by Crippen LogP contribution is 2.24. The van der Waals surface area contributed by atoms with Gasteiger partial charge in [-0.05, 0) is 31.5 Å². The molecule has 6 heteroatoms. The van der Waals surface area contributed by atoms with Crippen LogP contribution in [0.15, 0.2) is 16.7 Å². The summed E-state index contributed by atoms with van der Waals surface area (Å²) in [7, 11) is 0. The van der Waals surface area contributed by atoms with Crippen LogP contribution in [-0.4, -0.2) is 27.6 Å². The average Bonchev–Trinajstić information content (AvgIpc) is 2.83. The summed E-state index contributed by atoms with van der Waals surface area (Å²) in [6.45, 7) is 3.18. The van der Waals surface area contributed by atoms with Gasteiger partial charge in [0.25, 0.3) is 0 Å². The summed E-state index contributed by atoms with van der Waals surface area (Å²) in [4.78, 5) is 19.9. The molecule has 0 atom stereocenters. The molecule has 0 saturated carbocycles. The zero-order valence-electron chi connectivity index (χ0n) is 10.4. The van der Waals surface area contributed by atoms with Crippen molar-refractivity contribution >= 4 is 5.97 Å². The van der Waals surface area contributed by atoms with Gasteiger partial charge in [0.05, 0.1) is 12.0 Å². The molecule has 6 nitrogen and oxygen atoms in total. The average molecular weight is 259 g/mol. The number of aromatic carboxylic acids is 1. The van der Waals surface area contributed by atoms with E-state index in [1.54, 1.807) is 12.3 Å². The van der Waals surface area contributed by atoms with Crippen LogP contribution < -0.4 is 5.32 Å². The molecule has 0 amide bonds. The summed E-state index contributed by atoms with van der Waals surface area (Å²) >= 11 is 0. The summed E-state index contributed by atoms with van der Waals surface area (Å²) in [5.41, 5.74) is 2.43. The number of hydrogen-bond acceptors (Lipinski definition) is 5. The number of carboxylic acid groups (broad SMARTS) is 1. The first kappa shape index (κ1) is 11.9. The van der Waals surface area contributed by atoms with E-state index >= 15 is 0 Å². The largest absolute Gasteiger partial charge is 0.476 e. The molecule has 3 rings (SSSR count). The summed E-state index contributed by atoms with van der Waals surface area (Å²) in [5, 5.41) is 12.5. The van der Waals surface area contributed by atoms with Crippen LogP contribution in [0.2, 0.25) is 0 Å². The molecule has 2 aromatic heterocycles. The van der Waals surface area contributed by atoms with Gasteiger partial charge in [0.1, 0.15) is 0 Å². The lowest BCUT2D eigenvalue weighted by Gasteiger charge is -2.18. The highest BCUT2D eigenvalue weighted by Gasteiger charge is 2.23. The van der Waals surface area contributed by atoms with E-state index in [9.17, 15) is 9.90 Å². The minimum atomic E-state index is -1.02. The van der Waals surface area contributed by atoms with Gasteiger partial charge >= 0.3 is 5.97 Å². The third kappa shape index (κ3) is 2.00. The number of carboxylic acids is 1. The van der Waals surface area contributed by atoms with Crippen LogP contribution >= 0.6 is 0 Å². The lowest BCUT2D eigenvalue weighted by atomic mass is 10.0. The second-order valence-electron chi connectivity index (χ2n) is 4.49. The fraction of sp³-hybridized carbons (Fsp3) is 0.308. The van der Waals surface area contributed by atoms with Gasteiger partial charge in [0.15, 0.2) is 17.3 Å². The van der Waals surface area contributed by atoms with Gasteiger partial charge in [0.2, 0.25) is 0 Å². The van der Waals surface area contributed by atoms with Crippen molar-refractivity contribution in [1.82, 2.24) is 15.3 Å². The Morgan fingerprint density at radius 3 is 3.00 bits per heavy atom. The molecule has 98 valence electrons. The predicted octanol–water partition coefficient (Wildman–Crippen LogP) is 1.39. The first-order valence-electron chi connectivity index (χ1n) is 6.05. The monoisotopic (exact) mass is 259 g/mol. The Hall–Kier alpha value is -2.21. The number of aryl methyl sites for hydroxylation is 1. The first-order chi connectivity index (χ1) is 9.16. The van der Waals surface area contributed by atoms with Crippen LogP contribution in [0, 0.1) is 6.92 Å². The molecule has 19 heavy (non-hydrogen) atoms. The smallest absolute Gasteiger partial charge is 0.354 e. The molecule has 0 saturated heterocycles. The van der Waals surface area contributed by atoms with E-state index in [1.807, 2.05) is 6.92 Å². The molecule has 1 aliphatic heterocycles. The number of rotatable bonds is 2. The summed E-state index contributed by atoms with van der Waals surface area (Å²) in [6.07, 6.45) is 2.18. The number of nitrogens with one attached hydrogen (secondary N) is 1. The Kier molecular flexibility index (Phi) is 2.79. The van der Waals surface area contributed by atoms with Crippen molar-refractivity contribution in [2.75, 3.05) is 6.54 Å². The molecule has 0 bridgehead atoms. The summed E-state index contributed by atoms with van der Waals surface area (Å²) in [6, 6.07) is 1.80. The van der Waals surface area contributed by atoms with E-state index < -0.39 is 5.97 Å². The second-order valence-corrected chi connectivity index (χ2v) is 4.49. The molecule has 3 heterocycles. The third-order valence-corrected chi connectivity index (χ3v) is 3.20. The number of hydrogen-bond donors (Lipinski definition) is 2. The number of aromatic nitrogens is 2. The Labute approximate surface area is 109 Å². The first-order valence-corrected chi connectivity index (χ1v) is 6.05. The standard InChI is InChI=1S/C13H13N3O3/c1-7-3-5-19-11(7)12-15-9-6-14-4-2-8(9)10(16-12)13(17)18/h3,5,14H,2,4,6H2,1H3,(H,17,18). The van der Waals surface area contributed by atoms with E-state index in [-0.39, 0.29) is 5.69 Å². The molecule has 1 aliphatic rings. The minimum Gasteiger partial charge on any atom is -0.476 e. The number of nitrogens with zero attached hydrogens (tertiary/aromatic N) is 2.